The highest BCUT2D eigenvalue weighted by atomic mass is 32.2. The molecule has 0 bridgehead atoms. The Morgan fingerprint density at radius 1 is 1.22 bits per heavy atom. The SMILES string of the molecule is Cc1ccc2[nH]c(=O)c(CCNS(=O)(=O)C3CCCC3)cc2c1. The topological polar surface area (TPSA) is 79.0 Å². The standard InChI is InChI=1S/C17H22N2O3S/c1-12-6-7-16-14(10-12)11-13(17(20)19-16)8-9-18-23(21,22)15-4-2-3-5-15/h6-7,10-11,15,18H,2-5,8-9H2,1H3,(H,19,20). The molecule has 5 nitrogen and oxygen atoms in total. The third-order valence-corrected chi connectivity index (χ3v) is 6.47. The van der Waals surface area contributed by atoms with Crippen LogP contribution in [0.2, 0.25) is 0 Å². The molecule has 3 rings (SSSR count). The maximum absolute atomic E-state index is 12.2. The monoisotopic (exact) mass is 334 g/mol. The Morgan fingerprint density at radius 3 is 2.70 bits per heavy atom. The number of aromatic nitrogens is 1. The molecule has 1 saturated carbocycles. The van der Waals surface area contributed by atoms with E-state index in [1.165, 1.54) is 0 Å². The third kappa shape index (κ3) is 3.64. The normalized spacial score (nSPS) is 16.2. The molecular formula is C17H22N2O3S. The summed E-state index contributed by atoms with van der Waals surface area (Å²) in [6.07, 6.45) is 3.84. The molecule has 1 aromatic carbocycles. The summed E-state index contributed by atoms with van der Waals surface area (Å²) in [4.78, 5) is 15.0. The van der Waals surface area contributed by atoms with Gasteiger partial charge in [0.2, 0.25) is 10.0 Å². The summed E-state index contributed by atoms with van der Waals surface area (Å²) in [5.74, 6) is 0. The predicted octanol–water partition coefficient (Wildman–Crippen LogP) is 2.24. The molecular weight excluding hydrogens is 312 g/mol. The number of aryl methyl sites for hydroxylation is 1. The first-order valence-corrected chi connectivity index (χ1v) is 9.61. The van der Waals surface area contributed by atoms with Crippen LogP contribution in [0, 0.1) is 6.92 Å². The van der Waals surface area contributed by atoms with Gasteiger partial charge in [-0.3, -0.25) is 4.79 Å². The Morgan fingerprint density at radius 2 is 1.96 bits per heavy atom. The van der Waals surface area contributed by atoms with E-state index >= 15 is 0 Å². The minimum absolute atomic E-state index is 0.151. The Kier molecular flexibility index (Phi) is 4.55. The van der Waals surface area contributed by atoms with Gasteiger partial charge in [-0.15, -0.1) is 0 Å². The van der Waals surface area contributed by atoms with Crippen molar-refractivity contribution in [1.82, 2.24) is 9.71 Å². The molecule has 1 aliphatic rings. The lowest BCUT2D eigenvalue weighted by Gasteiger charge is -2.12. The van der Waals surface area contributed by atoms with Crippen molar-refractivity contribution in [1.29, 1.82) is 0 Å². The van der Waals surface area contributed by atoms with Gasteiger partial charge in [0.15, 0.2) is 0 Å². The molecule has 124 valence electrons. The van der Waals surface area contributed by atoms with Crippen LogP contribution in [0.25, 0.3) is 10.9 Å². The molecule has 0 saturated heterocycles. The van der Waals surface area contributed by atoms with Crippen molar-refractivity contribution in [3.8, 4) is 0 Å². The minimum atomic E-state index is -3.25. The smallest absolute Gasteiger partial charge is 0.251 e. The number of aromatic amines is 1. The second kappa shape index (κ2) is 6.45. The maximum atomic E-state index is 12.2. The van der Waals surface area contributed by atoms with Gasteiger partial charge in [0, 0.05) is 17.6 Å². The molecule has 1 fully saturated rings. The van der Waals surface area contributed by atoms with Gasteiger partial charge in [0.1, 0.15) is 0 Å². The van der Waals surface area contributed by atoms with Gasteiger partial charge in [0.25, 0.3) is 5.56 Å². The molecule has 1 heterocycles. The second-order valence-corrected chi connectivity index (χ2v) is 8.36. The molecule has 2 N–H and O–H groups in total. The highest BCUT2D eigenvalue weighted by Crippen LogP contribution is 2.23. The van der Waals surface area contributed by atoms with Crippen LogP contribution < -0.4 is 10.3 Å². The first kappa shape index (κ1) is 16.2. The van der Waals surface area contributed by atoms with E-state index in [-0.39, 0.29) is 17.4 Å². The Hall–Kier alpha value is -1.66. The van der Waals surface area contributed by atoms with Crippen LogP contribution in [0.1, 0.15) is 36.8 Å². The molecule has 2 aromatic rings. The molecule has 6 heteroatoms. The fourth-order valence-corrected chi connectivity index (χ4v) is 4.78. The Bertz CT molecular complexity index is 865. The Labute approximate surface area is 136 Å². The summed E-state index contributed by atoms with van der Waals surface area (Å²) >= 11 is 0. The van der Waals surface area contributed by atoms with Crippen LogP contribution in [0.5, 0.6) is 0 Å². The summed E-state index contributed by atoms with van der Waals surface area (Å²) < 4.78 is 27.0. The van der Waals surface area contributed by atoms with Crippen LogP contribution in [-0.2, 0) is 16.4 Å². The number of benzene rings is 1. The molecule has 1 aliphatic carbocycles. The zero-order valence-corrected chi connectivity index (χ0v) is 14.1. The zero-order chi connectivity index (χ0) is 16.4. The summed E-state index contributed by atoms with van der Waals surface area (Å²) in [6, 6.07) is 7.70. The number of rotatable bonds is 5. The van der Waals surface area contributed by atoms with Crippen LogP contribution in [0.4, 0.5) is 0 Å². The lowest BCUT2D eigenvalue weighted by molar-refractivity contribution is 0.564. The number of nitrogens with one attached hydrogen (secondary N) is 2. The van der Waals surface area contributed by atoms with Crippen molar-refractivity contribution >= 4 is 20.9 Å². The van der Waals surface area contributed by atoms with Crippen molar-refractivity contribution < 1.29 is 8.42 Å². The van der Waals surface area contributed by atoms with Gasteiger partial charge >= 0.3 is 0 Å². The van der Waals surface area contributed by atoms with Gasteiger partial charge in [0.05, 0.1) is 5.25 Å². The molecule has 23 heavy (non-hydrogen) atoms. The zero-order valence-electron chi connectivity index (χ0n) is 13.3. The minimum Gasteiger partial charge on any atom is -0.322 e. The number of fused-ring (bicyclic) bond motifs is 1. The van der Waals surface area contributed by atoms with Crippen LogP contribution >= 0.6 is 0 Å². The van der Waals surface area contributed by atoms with Crippen molar-refractivity contribution in [2.75, 3.05) is 6.54 Å². The maximum Gasteiger partial charge on any atom is 0.251 e. The molecule has 0 amide bonds. The van der Waals surface area contributed by atoms with E-state index in [2.05, 4.69) is 9.71 Å². The van der Waals surface area contributed by atoms with E-state index in [0.717, 1.165) is 42.1 Å². The van der Waals surface area contributed by atoms with E-state index in [1.54, 1.807) is 0 Å². The van der Waals surface area contributed by atoms with E-state index in [0.29, 0.717) is 12.0 Å². The van der Waals surface area contributed by atoms with E-state index in [9.17, 15) is 13.2 Å². The fourth-order valence-electron chi connectivity index (χ4n) is 3.20. The molecule has 0 aliphatic heterocycles. The van der Waals surface area contributed by atoms with E-state index < -0.39 is 10.0 Å². The summed E-state index contributed by atoms with van der Waals surface area (Å²) in [5, 5.41) is 0.707. The first-order chi connectivity index (χ1) is 11.0. The lowest BCUT2D eigenvalue weighted by Crippen LogP contribution is -2.34. The quantitative estimate of drug-likeness (QED) is 0.880. The van der Waals surface area contributed by atoms with Crippen molar-refractivity contribution in [2.45, 2.75) is 44.3 Å². The molecule has 0 spiro atoms. The molecule has 0 radical (unpaired) electrons. The fraction of sp³-hybridized carbons (Fsp3) is 0.471. The van der Waals surface area contributed by atoms with Crippen LogP contribution in [0.15, 0.2) is 29.1 Å². The molecule has 1 aromatic heterocycles. The highest BCUT2D eigenvalue weighted by molar-refractivity contribution is 7.90. The van der Waals surface area contributed by atoms with Crippen molar-refractivity contribution in [3.63, 3.8) is 0 Å². The van der Waals surface area contributed by atoms with Crippen LogP contribution in [0.3, 0.4) is 0 Å². The van der Waals surface area contributed by atoms with Gasteiger partial charge < -0.3 is 4.98 Å². The number of hydrogen-bond donors (Lipinski definition) is 2. The molecule has 0 unspecified atom stereocenters. The number of hydrogen-bond acceptors (Lipinski definition) is 3. The van der Waals surface area contributed by atoms with Crippen molar-refractivity contribution in [3.05, 3.63) is 45.7 Å². The Balaban J connectivity index is 1.71. The average molecular weight is 334 g/mol. The van der Waals surface area contributed by atoms with Gasteiger partial charge in [-0.1, -0.05) is 24.5 Å². The van der Waals surface area contributed by atoms with Gasteiger partial charge in [-0.05, 0) is 49.8 Å². The van der Waals surface area contributed by atoms with Crippen LogP contribution in [-0.4, -0.2) is 25.2 Å². The summed E-state index contributed by atoms with van der Waals surface area (Å²) in [6.45, 7) is 2.26. The number of sulfonamides is 1. The van der Waals surface area contributed by atoms with Crippen molar-refractivity contribution in [2.24, 2.45) is 0 Å². The number of pyridine rings is 1. The summed E-state index contributed by atoms with van der Waals surface area (Å²) in [7, 11) is -3.25. The molecule has 0 atom stereocenters. The lowest BCUT2D eigenvalue weighted by atomic mass is 10.1. The third-order valence-electron chi connectivity index (χ3n) is 4.52. The average Bonchev–Trinajstić information content (AvgIpc) is 3.03. The van der Waals surface area contributed by atoms with Gasteiger partial charge in [-0.25, -0.2) is 13.1 Å². The second-order valence-electron chi connectivity index (χ2n) is 6.31. The number of H-pyrrole nitrogens is 1. The summed E-state index contributed by atoms with van der Waals surface area (Å²) in [5.41, 5.74) is 2.38. The van der Waals surface area contributed by atoms with Gasteiger partial charge in [-0.2, -0.15) is 0 Å². The largest absolute Gasteiger partial charge is 0.322 e. The first-order valence-electron chi connectivity index (χ1n) is 8.07. The highest BCUT2D eigenvalue weighted by Gasteiger charge is 2.28. The van der Waals surface area contributed by atoms with E-state index in [4.69, 9.17) is 0 Å². The van der Waals surface area contributed by atoms with E-state index in [1.807, 2.05) is 31.2 Å². The predicted molar refractivity (Wildman–Crippen MR) is 92.2 cm³/mol.